The highest BCUT2D eigenvalue weighted by Crippen LogP contribution is 2.46. The molecule has 0 aromatic heterocycles. The van der Waals surface area contributed by atoms with E-state index in [-0.39, 0.29) is 24.7 Å². The second-order valence-corrected chi connectivity index (χ2v) is 29.1. The zero-order chi connectivity index (χ0) is 58.3. The van der Waals surface area contributed by atoms with Crippen LogP contribution in [0.3, 0.4) is 0 Å². The van der Waals surface area contributed by atoms with Crippen molar-refractivity contribution >= 4 is 23.9 Å². The lowest BCUT2D eigenvalue weighted by Gasteiger charge is -2.30. The second kappa shape index (κ2) is 22.4. The van der Waals surface area contributed by atoms with Crippen molar-refractivity contribution in [3.8, 4) is 23.0 Å². The third-order valence-electron chi connectivity index (χ3n) is 13.7. The van der Waals surface area contributed by atoms with Gasteiger partial charge in [0.2, 0.25) is 0 Å². The van der Waals surface area contributed by atoms with Gasteiger partial charge in [-0.15, -0.1) is 0 Å². The van der Waals surface area contributed by atoms with Crippen LogP contribution in [-0.4, -0.2) is 47.3 Å². The molecule has 4 aromatic carbocycles. The number of rotatable bonds is 13. The lowest BCUT2D eigenvalue weighted by atomic mass is 9.78. The molecule has 0 radical (unpaired) electrons. The number of ether oxygens (including phenoxy) is 4. The second-order valence-electron chi connectivity index (χ2n) is 29.1. The van der Waals surface area contributed by atoms with Gasteiger partial charge in [-0.25, -0.2) is 19.2 Å². The smallest absolute Gasteiger partial charge is 0.343 e. The highest BCUT2D eigenvalue weighted by atomic mass is 16.5. The van der Waals surface area contributed by atoms with Crippen LogP contribution in [0.5, 0.6) is 23.0 Å². The maximum absolute atomic E-state index is 14.2. The molecule has 0 aliphatic rings. The van der Waals surface area contributed by atoms with Gasteiger partial charge < -0.3 is 29.2 Å². The molecular weight excluding hydrogens is 953 g/mol. The molecule has 76 heavy (non-hydrogen) atoms. The van der Waals surface area contributed by atoms with E-state index in [1.807, 2.05) is 166 Å². The van der Waals surface area contributed by atoms with E-state index in [0.29, 0.717) is 91.1 Å². The van der Waals surface area contributed by atoms with Crippen molar-refractivity contribution in [3.05, 3.63) is 115 Å². The van der Waals surface area contributed by atoms with Crippen LogP contribution in [0.2, 0.25) is 0 Å². The average molecular weight is 1050 g/mol. The van der Waals surface area contributed by atoms with Gasteiger partial charge in [-0.3, -0.25) is 0 Å². The van der Waals surface area contributed by atoms with Gasteiger partial charge in [-0.1, -0.05) is 166 Å². The normalized spacial score (nSPS) is 13.1. The van der Waals surface area contributed by atoms with Crippen LogP contribution >= 0.6 is 0 Å². The number of carbonyl (C=O) groups excluding carboxylic acids is 4. The molecule has 0 saturated carbocycles. The Morgan fingerprint density at radius 3 is 0.684 bits per heavy atom. The highest BCUT2D eigenvalue weighted by molar-refractivity contribution is 5.95. The maximum atomic E-state index is 14.2. The Balaban J connectivity index is 1.47. The first-order valence-electron chi connectivity index (χ1n) is 27.2. The number of benzene rings is 4. The molecule has 418 valence electrons. The highest BCUT2D eigenvalue weighted by Gasteiger charge is 2.36. The topological polar surface area (TPSA) is 146 Å². The first-order chi connectivity index (χ1) is 34.3. The van der Waals surface area contributed by atoms with Gasteiger partial charge in [0.1, 0.15) is 23.0 Å². The first-order valence-corrected chi connectivity index (χ1v) is 27.2. The average Bonchev–Trinajstić information content (AvgIpc) is 3.23. The largest absolute Gasteiger partial charge is 0.507 e. The summed E-state index contributed by atoms with van der Waals surface area (Å²) in [6, 6.07) is 14.0. The summed E-state index contributed by atoms with van der Waals surface area (Å²) in [6.45, 7) is 48.6. The van der Waals surface area contributed by atoms with Crippen LogP contribution in [0.15, 0.2) is 48.5 Å². The Kier molecular flexibility index (Phi) is 18.5. The SMILES string of the molecule is CC(C)(C)c1cc(C(=O)Oc2c(C(C)(C)C)cc(C(=O)OCCCCCCOC(=O)c3cc(C(C)(C)C)c(OC(=O)c4cc(C(C)(C)C)c(O)c(C(C)(C)C)c4)c(C(C)(C)C)c3)cc2C(C)(C)C)cc(C(C)(C)C)c1O. The summed E-state index contributed by atoms with van der Waals surface area (Å²) in [5, 5.41) is 22.7. The van der Waals surface area contributed by atoms with Gasteiger partial charge in [0.15, 0.2) is 0 Å². The van der Waals surface area contributed by atoms with E-state index in [2.05, 4.69) is 0 Å². The van der Waals surface area contributed by atoms with E-state index in [4.69, 9.17) is 18.9 Å². The van der Waals surface area contributed by atoms with Crippen LogP contribution in [-0.2, 0) is 52.8 Å². The Labute approximate surface area is 457 Å². The zero-order valence-corrected chi connectivity index (χ0v) is 51.0. The van der Waals surface area contributed by atoms with Crippen molar-refractivity contribution in [2.45, 2.75) is 235 Å². The fourth-order valence-corrected chi connectivity index (χ4v) is 9.09. The van der Waals surface area contributed by atoms with E-state index in [1.165, 1.54) is 0 Å². The van der Waals surface area contributed by atoms with Gasteiger partial charge >= 0.3 is 23.9 Å². The van der Waals surface area contributed by atoms with Crippen molar-refractivity contribution in [3.63, 3.8) is 0 Å². The molecule has 0 aliphatic heterocycles. The molecule has 0 aliphatic carbocycles. The van der Waals surface area contributed by atoms with E-state index in [1.54, 1.807) is 48.5 Å². The van der Waals surface area contributed by atoms with Gasteiger partial charge in [0.25, 0.3) is 0 Å². The van der Waals surface area contributed by atoms with Gasteiger partial charge in [-0.05, 0) is 118 Å². The Bertz CT molecular complexity index is 2470. The van der Waals surface area contributed by atoms with E-state index in [9.17, 15) is 29.4 Å². The molecule has 4 aromatic rings. The summed E-state index contributed by atoms with van der Waals surface area (Å²) in [5.74, 6) is -0.874. The van der Waals surface area contributed by atoms with E-state index >= 15 is 0 Å². The van der Waals surface area contributed by atoms with Crippen molar-refractivity contribution in [1.29, 1.82) is 0 Å². The zero-order valence-electron chi connectivity index (χ0n) is 51.0. The van der Waals surface area contributed by atoms with Crippen LogP contribution < -0.4 is 9.47 Å². The molecule has 10 heteroatoms. The molecule has 4 rings (SSSR count). The Morgan fingerprint density at radius 1 is 0.303 bits per heavy atom. The molecule has 0 fully saturated rings. The maximum Gasteiger partial charge on any atom is 0.343 e. The van der Waals surface area contributed by atoms with E-state index in [0.717, 1.165) is 12.8 Å². The van der Waals surface area contributed by atoms with Crippen molar-refractivity contribution in [2.24, 2.45) is 0 Å². The number of esters is 4. The van der Waals surface area contributed by atoms with Gasteiger partial charge in [-0.2, -0.15) is 0 Å². The van der Waals surface area contributed by atoms with Crippen LogP contribution in [0.25, 0.3) is 0 Å². The standard InChI is InChI=1S/C66H94O10/c1-59(2,3)43-31-41(32-44(51(43)67)60(4,5)6)57(71)75-53-47(63(13,14)15)35-39(36-48(53)64(16,17)18)55(69)73-29-27-25-26-28-30-74-56(70)40-37-49(65(19,20)21)54(50(38-40)66(22,23)24)76-58(72)42-33-45(61(7,8)9)52(68)46(34-42)62(10,11)12/h31-38,67-68H,25-30H2,1-24H3. The number of hydrogen-bond acceptors (Lipinski definition) is 10. The Morgan fingerprint density at radius 2 is 0.487 bits per heavy atom. The molecule has 0 unspecified atom stereocenters. The molecule has 0 spiro atoms. The number of aromatic hydroxyl groups is 2. The minimum Gasteiger partial charge on any atom is -0.507 e. The summed E-state index contributed by atoms with van der Waals surface area (Å²) in [6.07, 6.45) is 2.69. The summed E-state index contributed by atoms with van der Waals surface area (Å²) in [5.41, 5.74) is 2.95. The number of phenols is 2. The monoisotopic (exact) mass is 1050 g/mol. The third-order valence-corrected chi connectivity index (χ3v) is 13.7. The summed E-state index contributed by atoms with van der Waals surface area (Å²) in [4.78, 5) is 56.0. The summed E-state index contributed by atoms with van der Waals surface area (Å²) < 4.78 is 24.4. The predicted octanol–water partition coefficient (Wildman–Crippen LogP) is 16.5. The number of hydrogen-bond donors (Lipinski definition) is 2. The number of unbranched alkanes of at least 4 members (excludes halogenated alkanes) is 3. The molecule has 2 N–H and O–H groups in total. The van der Waals surface area contributed by atoms with Crippen LogP contribution in [0, 0.1) is 0 Å². The molecule has 0 saturated heterocycles. The molecular formula is C66H94O10. The lowest BCUT2D eigenvalue weighted by Crippen LogP contribution is -2.24. The molecule has 0 bridgehead atoms. The van der Waals surface area contributed by atoms with Gasteiger partial charge in [0.05, 0.1) is 35.5 Å². The van der Waals surface area contributed by atoms with Crippen molar-refractivity contribution in [1.82, 2.24) is 0 Å². The first kappa shape index (κ1) is 62.9. The quantitative estimate of drug-likeness (QED) is 0.0754. The third kappa shape index (κ3) is 15.5. The molecule has 0 heterocycles. The minimum atomic E-state index is -0.548. The Hall–Kier alpha value is -5.64. The number of carbonyl (C=O) groups is 4. The van der Waals surface area contributed by atoms with Gasteiger partial charge in [0, 0.05) is 44.5 Å². The van der Waals surface area contributed by atoms with Crippen LogP contribution in [0.1, 0.15) is 278 Å². The fourth-order valence-electron chi connectivity index (χ4n) is 9.09. The lowest BCUT2D eigenvalue weighted by molar-refractivity contribution is 0.0473. The van der Waals surface area contributed by atoms with Crippen LogP contribution in [0.4, 0.5) is 0 Å². The molecule has 0 atom stereocenters. The molecule has 0 amide bonds. The van der Waals surface area contributed by atoms with E-state index < -0.39 is 67.2 Å². The fraction of sp³-hybridized carbons (Fsp3) is 0.576. The minimum absolute atomic E-state index is 0.177. The van der Waals surface area contributed by atoms with Crippen molar-refractivity contribution < 1.29 is 48.3 Å². The predicted molar refractivity (Wildman–Crippen MR) is 308 cm³/mol. The summed E-state index contributed by atoms with van der Waals surface area (Å²) >= 11 is 0. The summed E-state index contributed by atoms with van der Waals surface area (Å²) in [7, 11) is 0. The number of phenolic OH excluding ortho intramolecular Hbond substituents is 2. The van der Waals surface area contributed by atoms with Crippen molar-refractivity contribution in [2.75, 3.05) is 13.2 Å². The molecule has 10 nitrogen and oxygen atoms in total.